The molecule has 96 valence electrons. The Bertz CT molecular complexity index is 337. The second-order valence-corrected chi connectivity index (χ2v) is 4.99. The van der Waals surface area contributed by atoms with Crippen molar-refractivity contribution in [2.45, 2.75) is 53.4 Å². The number of esters is 1. The summed E-state index contributed by atoms with van der Waals surface area (Å²) in [7, 11) is 1.45. The first kappa shape index (κ1) is 14.0. The van der Waals surface area contributed by atoms with Gasteiger partial charge < -0.3 is 4.74 Å². The fourth-order valence-electron chi connectivity index (χ4n) is 2.59. The van der Waals surface area contributed by atoms with E-state index in [4.69, 9.17) is 0 Å². The minimum absolute atomic E-state index is 0.0942. The van der Waals surface area contributed by atoms with E-state index in [1.54, 1.807) is 0 Å². The first-order chi connectivity index (χ1) is 7.99. The van der Waals surface area contributed by atoms with Gasteiger partial charge in [0.15, 0.2) is 0 Å². The average Bonchev–Trinajstić information content (AvgIpc) is 2.50. The summed E-state index contributed by atoms with van der Waals surface area (Å²) in [6.07, 6.45) is 3.73. The van der Waals surface area contributed by atoms with Crippen LogP contribution in [-0.2, 0) is 9.53 Å². The predicted octanol–water partition coefficient (Wildman–Crippen LogP) is 4.02. The molecule has 0 atom stereocenters. The van der Waals surface area contributed by atoms with Gasteiger partial charge in [-0.25, -0.2) is 0 Å². The number of allylic oxidation sites excluding steroid dienone is 4. The molecule has 17 heavy (non-hydrogen) atoms. The second-order valence-electron chi connectivity index (χ2n) is 4.99. The van der Waals surface area contributed by atoms with Crippen LogP contribution in [0.5, 0.6) is 0 Å². The van der Waals surface area contributed by atoms with Crippen molar-refractivity contribution in [3.8, 4) is 0 Å². The Hall–Kier alpha value is -1.05. The summed E-state index contributed by atoms with van der Waals surface area (Å²) in [5.41, 5.74) is 5.94. The summed E-state index contributed by atoms with van der Waals surface area (Å²) in [6.45, 7) is 8.89. The molecule has 0 amide bonds. The Balaban J connectivity index is 2.41. The van der Waals surface area contributed by atoms with Crippen LogP contribution in [-0.4, -0.2) is 13.1 Å². The lowest BCUT2D eigenvalue weighted by molar-refractivity contribution is -0.140. The topological polar surface area (TPSA) is 26.3 Å². The van der Waals surface area contributed by atoms with Gasteiger partial charge in [-0.3, -0.25) is 4.79 Å². The molecule has 2 nitrogen and oxygen atoms in total. The van der Waals surface area contributed by atoms with Gasteiger partial charge in [-0.15, -0.1) is 0 Å². The molecule has 0 radical (unpaired) electrons. The van der Waals surface area contributed by atoms with Crippen molar-refractivity contribution >= 4 is 5.97 Å². The normalized spacial score (nSPS) is 17.0. The van der Waals surface area contributed by atoms with Crippen LogP contribution in [0.2, 0.25) is 0 Å². The van der Waals surface area contributed by atoms with E-state index in [0.29, 0.717) is 12.3 Å². The van der Waals surface area contributed by atoms with Gasteiger partial charge in [0.2, 0.25) is 0 Å². The number of hydrogen-bond acceptors (Lipinski definition) is 2. The number of hydrogen-bond donors (Lipinski definition) is 0. The zero-order valence-corrected chi connectivity index (χ0v) is 11.7. The molecule has 0 heterocycles. The monoisotopic (exact) mass is 236 g/mol. The molecule has 0 saturated heterocycles. The Kier molecular flexibility index (Phi) is 4.98. The van der Waals surface area contributed by atoms with Crippen molar-refractivity contribution in [3.63, 3.8) is 0 Å². The van der Waals surface area contributed by atoms with Gasteiger partial charge in [-0.1, -0.05) is 17.6 Å². The molecule has 2 heteroatoms. The zero-order valence-electron chi connectivity index (χ0n) is 11.7. The van der Waals surface area contributed by atoms with Crippen LogP contribution in [0.3, 0.4) is 0 Å². The van der Waals surface area contributed by atoms with E-state index in [9.17, 15) is 4.79 Å². The lowest BCUT2D eigenvalue weighted by Gasteiger charge is -2.14. The molecule has 1 aliphatic rings. The summed E-state index contributed by atoms with van der Waals surface area (Å²) in [5.74, 6) is 0.510. The fraction of sp³-hybridized carbons (Fsp3) is 0.667. The van der Waals surface area contributed by atoms with E-state index >= 15 is 0 Å². The van der Waals surface area contributed by atoms with E-state index in [0.717, 1.165) is 19.3 Å². The van der Waals surface area contributed by atoms with Crippen LogP contribution < -0.4 is 0 Å². The van der Waals surface area contributed by atoms with E-state index in [-0.39, 0.29) is 5.97 Å². The molecule has 0 aromatic carbocycles. The molecule has 0 saturated carbocycles. The summed E-state index contributed by atoms with van der Waals surface area (Å²) in [6, 6.07) is 0. The lowest BCUT2D eigenvalue weighted by Crippen LogP contribution is -2.03. The third kappa shape index (κ3) is 3.21. The predicted molar refractivity (Wildman–Crippen MR) is 70.7 cm³/mol. The van der Waals surface area contributed by atoms with Gasteiger partial charge in [0.25, 0.3) is 0 Å². The number of methoxy groups -OCH3 is 1. The van der Waals surface area contributed by atoms with E-state index in [1.165, 1.54) is 29.4 Å². The van der Waals surface area contributed by atoms with Crippen molar-refractivity contribution in [2.75, 3.05) is 7.11 Å². The molecule has 0 fully saturated rings. The zero-order chi connectivity index (χ0) is 13.0. The summed E-state index contributed by atoms with van der Waals surface area (Å²) in [5, 5.41) is 0. The van der Waals surface area contributed by atoms with Gasteiger partial charge in [-0.2, -0.15) is 0 Å². The Labute approximate surface area is 105 Å². The minimum Gasteiger partial charge on any atom is -0.469 e. The number of carbonyl (C=O) groups is 1. The fourth-order valence-corrected chi connectivity index (χ4v) is 2.59. The SMILES string of the molecule is COC(=O)CCCCC1C(C)=C(C)C(C)=C1C. The van der Waals surface area contributed by atoms with Crippen LogP contribution in [0.25, 0.3) is 0 Å². The molecule has 0 spiro atoms. The van der Waals surface area contributed by atoms with Gasteiger partial charge in [0.05, 0.1) is 7.11 Å². The summed E-state index contributed by atoms with van der Waals surface area (Å²) < 4.78 is 4.64. The molecule has 1 aliphatic carbocycles. The van der Waals surface area contributed by atoms with E-state index in [2.05, 4.69) is 32.4 Å². The molecule has 0 unspecified atom stereocenters. The summed E-state index contributed by atoms with van der Waals surface area (Å²) in [4.78, 5) is 11.0. The lowest BCUT2D eigenvalue weighted by atomic mass is 9.91. The maximum Gasteiger partial charge on any atom is 0.305 e. The highest BCUT2D eigenvalue weighted by molar-refractivity contribution is 5.68. The maximum absolute atomic E-state index is 11.0. The van der Waals surface area contributed by atoms with Crippen molar-refractivity contribution in [1.82, 2.24) is 0 Å². The number of carbonyl (C=O) groups excluding carboxylic acids is 1. The first-order valence-corrected chi connectivity index (χ1v) is 6.41. The Morgan fingerprint density at radius 3 is 2.06 bits per heavy atom. The highest BCUT2D eigenvalue weighted by Gasteiger charge is 2.23. The van der Waals surface area contributed by atoms with Gasteiger partial charge in [-0.05, 0) is 51.7 Å². The standard InChI is InChI=1S/C15H24O2/c1-10-11(2)13(4)14(12(10)3)8-6-7-9-15(16)17-5/h14H,6-9H2,1-5H3. The molecule has 0 aliphatic heterocycles. The van der Waals surface area contributed by atoms with Gasteiger partial charge in [0, 0.05) is 12.3 Å². The van der Waals surface area contributed by atoms with Crippen LogP contribution in [0.15, 0.2) is 22.3 Å². The van der Waals surface area contributed by atoms with Crippen molar-refractivity contribution in [2.24, 2.45) is 5.92 Å². The largest absolute Gasteiger partial charge is 0.469 e. The minimum atomic E-state index is -0.0942. The molecule has 0 aromatic heterocycles. The van der Waals surface area contributed by atoms with Crippen molar-refractivity contribution in [1.29, 1.82) is 0 Å². The van der Waals surface area contributed by atoms with Crippen LogP contribution >= 0.6 is 0 Å². The third-order valence-corrected chi connectivity index (χ3v) is 4.14. The highest BCUT2D eigenvalue weighted by Crippen LogP contribution is 2.39. The Morgan fingerprint density at radius 1 is 1.06 bits per heavy atom. The number of rotatable bonds is 5. The third-order valence-electron chi connectivity index (χ3n) is 4.14. The Morgan fingerprint density at radius 2 is 1.59 bits per heavy atom. The molecule has 1 rings (SSSR count). The summed E-state index contributed by atoms with van der Waals surface area (Å²) >= 11 is 0. The molecule has 0 aromatic rings. The molecular weight excluding hydrogens is 212 g/mol. The van der Waals surface area contributed by atoms with Crippen LogP contribution in [0, 0.1) is 5.92 Å². The average molecular weight is 236 g/mol. The quantitative estimate of drug-likeness (QED) is 0.532. The smallest absolute Gasteiger partial charge is 0.305 e. The van der Waals surface area contributed by atoms with Gasteiger partial charge >= 0.3 is 5.97 Å². The van der Waals surface area contributed by atoms with E-state index < -0.39 is 0 Å². The first-order valence-electron chi connectivity index (χ1n) is 6.41. The number of unbranched alkanes of at least 4 members (excludes halogenated alkanes) is 1. The van der Waals surface area contributed by atoms with Crippen LogP contribution in [0.4, 0.5) is 0 Å². The second kappa shape index (κ2) is 6.04. The highest BCUT2D eigenvalue weighted by atomic mass is 16.5. The molecular formula is C15H24O2. The number of ether oxygens (including phenoxy) is 1. The van der Waals surface area contributed by atoms with Crippen molar-refractivity contribution < 1.29 is 9.53 Å². The van der Waals surface area contributed by atoms with Crippen molar-refractivity contribution in [3.05, 3.63) is 22.3 Å². The van der Waals surface area contributed by atoms with Gasteiger partial charge in [0.1, 0.15) is 0 Å². The van der Waals surface area contributed by atoms with E-state index in [1.807, 2.05) is 0 Å². The molecule has 0 bridgehead atoms. The van der Waals surface area contributed by atoms with Crippen LogP contribution in [0.1, 0.15) is 53.4 Å². The molecule has 0 N–H and O–H groups in total. The maximum atomic E-state index is 11.0.